The van der Waals surface area contributed by atoms with Crippen molar-refractivity contribution in [3.05, 3.63) is 182 Å². The second-order valence-corrected chi connectivity index (χ2v) is 12.3. The third-order valence-corrected chi connectivity index (χ3v) is 8.39. The molecule has 0 saturated carbocycles. The number of carbonyl (C=O) groups excluding carboxylic acids is 1. The molecule has 0 saturated heterocycles. The van der Waals surface area contributed by atoms with Crippen LogP contribution in [-0.2, 0) is 24.9 Å². The Hall–Kier alpha value is -6.20. The molecule has 261 valence electrons. The van der Waals surface area contributed by atoms with Crippen LogP contribution in [0.15, 0.2) is 174 Å². The number of aliphatic hydroxyl groups excluding tert-OH is 1. The van der Waals surface area contributed by atoms with E-state index in [1.165, 1.54) is 31.1 Å². The van der Waals surface area contributed by atoms with E-state index in [2.05, 4.69) is 72.8 Å². The van der Waals surface area contributed by atoms with Gasteiger partial charge in [-0.25, -0.2) is 0 Å². The molecular formula is C47H34IrN2O3-2. The molecule has 0 amide bonds. The number of furan rings is 1. The molecule has 0 aliphatic carbocycles. The van der Waals surface area contributed by atoms with Crippen LogP contribution in [0, 0.1) is 12.1 Å². The van der Waals surface area contributed by atoms with Crippen molar-refractivity contribution in [1.29, 1.82) is 0 Å². The van der Waals surface area contributed by atoms with Crippen molar-refractivity contribution in [3.63, 3.8) is 0 Å². The number of para-hydroxylation sites is 3. The number of aliphatic hydroxyl groups is 1. The maximum absolute atomic E-state index is 10.0. The van der Waals surface area contributed by atoms with Gasteiger partial charge < -0.3 is 9.52 Å². The minimum atomic E-state index is -0.125. The summed E-state index contributed by atoms with van der Waals surface area (Å²) in [6, 6.07) is 59.9. The summed E-state index contributed by atoms with van der Waals surface area (Å²) in [5, 5.41) is 12.9. The fourth-order valence-corrected chi connectivity index (χ4v) is 5.93. The zero-order chi connectivity index (χ0) is 35.9. The van der Waals surface area contributed by atoms with Gasteiger partial charge in [-0.2, -0.15) is 0 Å². The molecule has 9 rings (SSSR count). The number of aromatic nitrogens is 2. The Morgan fingerprint density at radius 2 is 1.17 bits per heavy atom. The third-order valence-electron chi connectivity index (χ3n) is 8.39. The fraction of sp³-hybridized carbons (Fsp3) is 0.0426. The number of ketones is 1. The van der Waals surface area contributed by atoms with Crippen molar-refractivity contribution in [2.24, 2.45) is 0 Å². The zero-order valence-corrected chi connectivity index (χ0v) is 31.5. The van der Waals surface area contributed by atoms with Crippen LogP contribution in [0.3, 0.4) is 0 Å². The van der Waals surface area contributed by atoms with Crippen LogP contribution in [0.2, 0.25) is 0 Å². The maximum atomic E-state index is 10.0. The number of rotatable bonds is 4. The van der Waals surface area contributed by atoms with Crippen molar-refractivity contribution >= 4 is 49.5 Å². The summed E-state index contributed by atoms with van der Waals surface area (Å²) in [7, 11) is 0. The SMILES string of the molecule is CC(=O)/C=C(/C)O.[Ir].[c-]1cc(-c2ccccc2)ccc1-c1ccc2ccccc2n1.[c-]1cc2c(cc1-c1ccc3ccccc3n1)oc1ccccc12. The first-order chi connectivity index (χ1) is 25.4. The zero-order valence-electron chi connectivity index (χ0n) is 29.1. The number of benzene rings is 6. The van der Waals surface area contributed by atoms with Gasteiger partial charge in [-0.05, 0) is 59.6 Å². The Balaban J connectivity index is 0.000000152. The van der Waals surface area contributed by atoms with Gasteiger partial charge in [-0.15, -0.1) is 47.5 Å². The number of pyridine rings is 2. The molecule has 6 heteroatoms. The molecule has 1 N–H and O–H groups in total. The molecule has 9 aromatic rings. The smallest absolute Gasteiger partial charge is 0.155 e. The van der Waals surface area contributed by atoms with Crippen LogP contribution in [0.1, 0.15) is 13.8 Å². The molecule has 1 radical (unpaired) electrons. The number of fused-ring (bicyclic) bond motifs is 5. The standard InChI is InChI=1S/C21H12NO.C21H14N.C5H8O2.Ir/c1-3-7-18-14(5-1)10-12-19(22-18)15-9-11-17-16-6-2-4-8-20(16)23-21(17)13-15;1-2-6-16(7-3-1)17-10-12-19(13-11-17)21-15-14-18-8-4-5-9-20(18)22-21;1-4(6)3-5(2)7;/h1-8,10-13H;1-12,14-15H;3,6H,1-2H3;/q2*-1;;/b;;4-3-;. The summed E-state index contributed by atoms with van der Waals surface area (Å²) in [5.41, 5.74) is 9.98. The van der Waals surface area contributed by atoms with Crippen LogP contribution in [-0.4, -0.2) is 20.9 Å². The van der Waals surface area contributed by atoms with E-state index < -0.39 is 0 Å². The van der Waals surface area contributed by atoms with Crippen LogP contribution in [0.25, 0.3) is 77.4 Å². The number of hydrogen-bond acceptors (Lipinski definition) is 5. The second-order valence-electron chi connectivity index (χ2n) is 12.3. The molecule has 0 bridgehead atoms. The minimum absolute atomic E-state index is 0. The Morgan fingerprint density at radius 3 is 1.77 bits per heavy atom. The molecule has 3 heterocycles. The molecule has 53 heavy (non-hydrogen) atoms. The van der Waals surface area contributed by atoms with Gasteiger partial charge >= 0.3 is 0 Å². The van der Waals surface area contributed by atoms with Gasteiger partial charge in [0.05, 0.1) is 22.4 Å². The Kier molecular flexibility index (Phi) is 11.7. The first kappa shape index (κ1) is 36.6. The molecule has 0 unspecified atom stereocenters. The summed E-state index contributed by atoms with van der Waals surface area (Å²) in [4.78, 5) is 19.5. The van der Waals surface area contributed by atoms with Gasteiger partial charge in [0.15, 0.2) is 5.78 Å². The third kappa shape index (κ3) is 8.82. The molecule has 5 nitrogen and oxygen atoms in total. The van der Waals surface area contributed by atoms with E-state index >= 15 is 0 Å². The fourth-order valence-electron chi connectivity index (χ4n) is 5.93. The van der Waals surface area contributed by atoms with Crippen molar-refractivity contribution in [1.82, 2.24) is 9.97 Å². The van der Waals surface area contributed by atoms with E-state index in [1.807, 2.05) is 97.1 Å². The van der Waals surface area contributed by atoms with Crippen molar-refractivity contribution in [2.45, 2.75) is 13.8 Å². The minimum Gasteiger partial charge on any atom is -0.512 e. The summed E-state index contributed by atoms with van der Waals surface area (Å²) in [5.74, 6) is -0.0625. The van der Waals surface area contributed by atoms with E-state index in [9.17, 15) is 4.79 Å². The van der Waals surface area contributed by atoms with Gasteiger partial charge in [-0.3, -0.25) is 14.8 Å². The summed E-state index contributed by atoms with van der Waals surface area (Å²) in [6.45, 7) is 2.85. The van der Waals surface area contributed by atoms with Gasteiger partial charge in [0, 0.05) is 26.2 Å². The number of carbonyl (C=O) groups is 1. The Morgan fingerprint density at radius 1 is 0.585 bits per heavy atom. The monoisotopic (exact) mass is 867 g/mol. The number of hydrogen-bond donors (Lipinski definition) is 1. The van der Waals surface area contributed by atoms with Crippen LogP contribution >= 0.6 is 0 Å². The molecule has 0 atom stereocenters. The second kappa shape index (κ2) is 16.9. The molecule has 3 aromatic heterocycles. The van der Waals surface area contributed by atoms with E-state index in [0.717, 1.165) is 66.3 Å². The first-order valence-corrected chi connectivity index (χ1v) is 16.9. The topological polar surface area (TPSA) is 76.2 Å². The van der Waals surface area contributed by atoms with Crippen LogP contribution in [0.5, 0.6) is 0 Å². The molecule has 0 spiro atoms. The van der Waals surface area contributed by atoms with Crippen LogP contribution in [0.4, 0.5) is 0 Å². The van der Waals surface area contributed by atoms with E-state index in [0.29, 0.717) is 0 Å². The summed E-state index contributed by atoms with van der Waals surface area (Å²) in [6.07, 6.45) is 1.17. The summed E-state index contributed by atoms with van der Waals surface area (Å²) >= 11 is 0. The first-order valence-electron chi connectivity index (χ1n) is 16.9. The predicted molar refractivity (Wildman–Crippen MR) is 212 cm³/mol. The predicted octanol–water partition coefficient (Wildman–Crippen LogP) is 12.0. The molecule has 0 aliphatic rings. The Labute approximate surface area is 321 Å². The van der Waals surface area contributed by atoms with Crippen LogP contribution < -0.4 is 0 Å². The van der Waals surface area contributed by atoms with E-state index in [4.69, 9.17) is 19.5 Å². The van der Waals surface area contributed by atoms with E-state index in [1.54, 1.807) is 0 Å². The number of allylic oxidation sites excluding steroid dienone is 2. The normalized spacial score (nSPS) is 10.9. The van der Waals surface area contributed by atoms with Gasteiger partial charge in [0.25, 0.3) is 0 Å². The van der Waals surface area contributed by atoms with E-state index in [-0.39, 0.29) is 31.6 Å². The maximum Gasteiger partial charge on any atom is 0.155 e. The van der Waals surface area contributed by atoms with Crippen molar-refractivity contribution in [3.8, 4) is 33.6 Å². The Bertz CT molecular complexity index is 2680. The summed E-state index contributed by atoms with van der Waals surface area (Å²) < 4.78 is 5.95. The number of nitrogens with zero attached hydrogens (tertiary/aromatic N) is 2. The average Bonchev–Trinajstić information content (AvgIpc) is 3.56. The molecule has 0 aliphatic heterocycles. The molecular weight excluding hydrogens is 833 g/mol. The van der Waals surface area contributed by atoms with Gasteiger partial charge in [-0.1, -0.05) is 132 Å². The van der Waals surface area contributed by atoms with Gasteiger partial charge in [0.1, 0.15) is 5.58 Å². The quantitative estimate of drug-likeness (QED) is 0.108. The average molecular weight is 867 g/mol. The largest absolute Gasteiger partial charge is 0.512 e. The van der Waals surface area contributed by atoms with Crippen molar-refractivity contribution < 1.29 is 34.4 Å². The molecule has 0 fully saturated rings. The van der Waals surface area contributed by atoms with Gasteiger partial charge in [0.2, 0.25) is 0 Å². The molecule has 6 aromatic carbocycles. The van der Waals surface area contributed by atoms with Crippen molar-refractivity contribution in [2.75, 3.05) is 0 Å².